The van der Waals surface area contributed by atoms with E-state index in [1.54, 1.807) is 0 Å². The average molecular weight is 350 g/mol. The van der Waals surface area contributed by atoms with Gasteiger partial charge in [-0.2, -0.15) is 0 Å². The molecule has 1 amide bonds. The van der Waals surface area contributed by atoms with Crippen molar-refractivity contribution in [2.75, 3.05) is 0 Å². The molecule has 0 bridgehead atoms. The fourth-order valence-electron chi connectivity index (χ4n) is 2.64. The predicted octanol–water partition coefficient (Wildman–Crippen LogP) is 2.54. The Kier molecular flexibility index (Phi) is 5.87. The quantitative estimate of drug-likeness (QED) is 0.223. The number of hydroxylamine groups is 1. The van der Waals surface area contributed by atoms with Crippen molar-refractivity contribution in [3.05, 3.63) is 29.5 Å². The van der Waals surface area contributed by atoms with Crippen molar-refractivity contribution in [3.63, 3.8) is 0 Å². The summed E-state index contributed by atoms with van der Waals surface area (Å²) in [5.74, 6) is -0.748. The number of nitrogens with one attached hydrogen (secondary N) is 1. The molecule has 1 fully saturated rings. The first-order valence-electron chi connectivity index (χ1n) is 7.68. The number of carbonyl (C=O) groups is 1. The number of amides is 1. The van der Waals surface area contributed by atoms with Crippen LogP contribution in [0.5, 0.6) is 0 Å². The van der Waals surface area contributed by atoms with Crippen molar-refractivity contribution in [2.45, 2.75) is 43.4 Å². The lowest BCUT2D eigenvalue weighted by Crippen LogP contribution is -2.35. The first-order valence-corrected chi connectivity index (χ1v) is 9.16. The Morgan fingerprint density at radius 3 is 2.33 bits per heavy atom. The first-order chi connectivity index (χ1) is 11.4. The molecule has 128 valence electrons. The molecule has 0 heterocycles. The third-order valence-corrected chi connectivity index (χ3v) is 5.26. The molecule has 8 nitrogen and oxygen atoms in total. The van der Waals surface area contributed by atoms with Gasteiger partial charge in [-0.05, 0) is 37.1 Å². The molecular weight excluding hydrogens is 332 g/mol. The van der Waals surface area contributed by atoms with Crippen molar-refractivity contribution >= 4 is 21.6 Å². The van der Waals surface area contributed by atoms with Crippen LogP contribution in [0.1, 0.15) is 38.5 Å². The van der Waals surface area contributed by atoms with Crippen molar-refractivity contribution < 1.29 is 18.1 Å². The minimum Gasteiger partial charge on any atom is -0.682 e. The van der Waals surface area contributed by atoms with Crippen LogP contribution in [0.2, 0.25) is 0 Å². The van der Waals surface area contributed by atoms with E-state index in [0.717, 1.165) is 25.7 Å². The summed E-state index contributed by atoms with van der Waals surface area (Å²) < 4.78 is 26.7. The molecule has 1 saturated carbocycles. The summed E-state index contributed by atoms with van der Waals surface area (Å²) in [5, 5.41) is 22.6. The minimum atomic E-state index is -3.97. The Hall–Kier alpha value is -2.47. The first kappa shape index (κ1) is 17.9. The third kappa shape index (κ3) is 4.76. The Bertz CT molecular complexity index is 758. The van der Waals surface area contributed by atoms with E-state index in [9.17, 15) is 18.4 Å². The number of hydrogen-bond donors (Lipinski definition) is 1. The van der Waals surface area contributed by atoms with E-state index in [0.29, 0.717) is 12.8 Å². The highest BCUT2D eigenvalue weighted by molar-refractivity contribution is 7.90. The summed E-state index contributed by atoms with van der Waals surface area (Å²) in [6, 6.07) is 5.03. The lowest BCUT2D eigenvalue weighted by atomic mass is 10.0. The maximum atomic E-state index is 12.3. The van der Waals surface area contributed by atoms with Crippen LogP contribution in [0.15, 0.2) is 34.3 Å². The number of carbonyl (C=O) groups excluding carboxylic acids is 1. The number of nitriles is 1. The zero-order valence-electron chi connectivity index (χ0n) is 13.0. The summed E-state index contributed by atoms with van der Waals surface area (Å²) >= 11 is 0. The standard InChI is InChI=1S/C15H18N4O4S/c16-11-19(21)17-13-7-9-14(10-8-13)24(22,23)18-15(20)12-5-3-1-2-4-6-12/h7-10,12H,1-6H2,(H,18,20)/b19-17-. The van der Waals surface area contributed by atoms with Crippen LogP contribution in [0.25, 0.3) is 0 Å². The molecule has 1 N–H and O–H groups in total. The monoisotopic (exact) mass is 350 g/mol. The van der Waals surface area contributed by atoms with Gasteiger partial charge in [-0.25, -0.2) is 13.1 Å². The molecule has 9 heteroatoms. The molecule has 0 aliphatic heterocycles. The number of nitrogens with zero attached hydrogens (tertiary/aromatic N) is 3. The van der Waals surface area contributed by atoms with Crippen LogP contribution in [-0.4, -0.2) is 19.2 Å². The molecular formula is C15H18N4O4S. The van der Waals surface area contributed by atoms with Gasteiger partial charge in [-0.3, -0.25) is 4.79 Å². The smallest absolute Gasteiger partial charge is 0.485 e. The van der Waals surface area contributed by atoms with E-state index in [-0.39, 0.29) is 21.4 Å². The maximum absolute atomic E-state index is 12.3. The van der Waals surface area contributed by atoms with Crippen LogP contribution in [0.3, 0.4) is 0 Å². The summed E-state index contributed by atoms with van der Waals surface area (Å²) in [6.07, 6.45) is 6.66. The molecule has 0 unspecified atom stereocenters. The average Bonchev–Trinajstić information content (AvgIpc) is 2.84. The van der Waals surface area contributed by atoms with Gasteiger partial charge in [-0.1, -0.05) is 35.7 Å². The van der Waals surface area contributed by atoms with Gasteiger partial charge in [0.25, 0.3) is 10.0 Å². The van der Waals surface area contributed by atoms with E-state index in [1.807, 2.05) is 0 Å². The second-order valence-corrected chi connectivity index (χ2v) is 7.31. The fraction of sp³-hybridized carbons (Fsp3) is 0.467. The largest absolute Gasteiger partial charge is 0.682 e. The molecule has 1 aromatic carbocycles. The zero-order valence-corrected chi connectivity index (χ0v) is 13.8. The topological polar surface area (TPSA) is 125 Å². The predicted molar refractivity (Wildman–Crippen MR) is 84.3 cm³/mol. The molecule has 0 saturated heterocycles. The van der Waals surface area contributed by atoms with Crippen LogP contribution >= 0.6 is 0 Å². The molecule has 0 spiro atoms. The van der Waals surface area contributed by atoms with Gasteiger partial charge in [-0.15, -0.1) is 0 Å². The number of rotatable bonds is 4. The van der Waals surface area contributed by atoms with Gasteiger partial charge in [0.15, 0.2) is 5.26 Å². The molecule has 1 aliphatic rings. The van der Waals surface area contributed by atoms with Crippen LogP contribution in [0.4, 0.5) is 5.69 Å². The lowest BCUT2D eigenvalue weighted by molar-refractivity contribution is -0.433. The molecule has 0 radical (unpaired) electrons. The van der Waals surface area contributed by atoms with Crippen molar-refractivity contribution in [2.24, 2.45) is 11.0 Å². The Morgan fingerprint density at radius 2 is 1.79 bits per heavy atom. The summed E-state index contributed by atoms with van der Waals surface area (Å²) in [7, 11) is -3.97. The number of sulfonamides is 1. The SMILES string of the molecule is N#C/[N+]([O-])=N/c1ccc(S(=O)(=O)NC(=O)C2CCCCCC2)cc1. The van der Waals surface area contributed by atoms with Gasteiger partial charge < -0.3 is 5.21 Å². The number of hydrogen-bond acceptors (Lipinski definition) is 6. The fourth-order valence-corrected chi connectivity index (χ4v) is 3.68. The minimum absolute atomic E-state index is 0.0992. The van der Waals surface area contributed by atoms with Gasteiger partial charge in [0.1, 0.15) is 5.69 Å². The van der Waals surface area contributed by atoms with Crippen molar-refractivity contribution in [1.82, 2.24) is 4.72 Å². The van der Waals surface area contributed by atoms with E-state index in [4.69, 9.17) is 5.26 Å². The number of azo groups is 1. The second kappa shape index (κ2) is 7.88. The lowest BCUT2D eigenvalue weighted by Gasteiger charge is -2.14. The van der Waals surface area contributed by atoms with Gasteiger partial charge in [0, 0.05) is 5.92 Å². The summed E-state index contributed by atoms with van der Waals surface area (Å²) in [5.41, 5.74) is 0.139. The zero-order chi connectivity index (χ0) is 17.6. The maximum Gasteiger partial charge on any atom is 0.485 e. The molecule has 0 aromatic heterocycles. The molecule has 2 rings (SSSR count). The Balaban J connectivity index is 2.09. The molecule has 1 aromatic rings. The highest BCUT2D eigenvalue weighted by Gasteiger charge is 2.25. The third-order valence-electron chi connectivity index (χ3n) is 3.90. The highest BCUT2D eigenvalue weighted by atomic mass is 32.2. The highest BCUT2D eigenvalue weighted by Crippen LogP contribution is 2.24. The molecule has 0 atom stereocenters. The van der Waals surface area contributed by atoms with Gasteiger partial charge >= 0.3 is 6.19 Å². The Labute approximate surface area is 140 Å². The van der Waals surface area contributed by atoms with Crippen LogP contribution in [0, 0.1) is 22.6 Å². The summed E-state index contributed by atoms with van der Waals surface area (Å²) in [6.45, 7) is 0. The van der Waals surface area contributed by atoms with Gasteiger partial charge in [0.05, 0.1) is 4.90 Å². The Morgan fingerprint density at radius 1 is 1.21 bits per heavy atom. The van der Waals surface area contributed by atoms with E-state index in [1.165, 1.54) is 30.5 Å². The van der Waals surface area contributed by atoms with Crippen LogP contribution < -0.4 is 4.72 Å². The second-order valence-electron chi connectivity index (χ2n) is 5.63. The number of benzene rings is 1. The van der Waals surface area contributed by atoms with Crippen molar-refractivity contribution in [3.8, 4) is 6.19 Å². The van der Waals surface area contributed by atoms with Crippen molar-refractivity contribution in [1.29, 1.82) is 5.26 Å². The van der Waals surface area contributed by atoms with Gasteiger partial charge in [0.2, 0.25) is 5.91 Å². The normalized spacial score (nSPS) is 16.9. The summed E-state index contributed by atoms with van der Waals surface area (Å²) in [4.78, 5) is 11.9. The van der Waals surface area contributed by atoms with E-state index < -0.39 is 15.9 Å². The van der Waals surface area contributed by atoms with Crippen LogP contribution in [-0.2, 0) is 14.8 Å². The molecule has 24 heavy (non-hydrogen) atoms. The van der Waals surface area contributed by atoms with E-state index in [2.05, 4.69) is 9.84 Å². The molecule has 1 aliphatic carbocycles. The van der Waals surface area contributed by atoms with E-state index >= 15 is 0 Å².